The SMILES string of the molecule is COc1cc(C=CC2C3=CCC4C(=O)N(c5ccc(N6CCOCC6)cc5)C(=O)C4C3CC3C(=O)N(c4cccc(Cl)c4)C(=O)C23c2ccccc2)cc(OC)c1O. The van der Waals surface area contributed by atoms with Crippen LogP contribution in [0.5, 0.6) is 17.2 Å². The van der Waals surface area contributed by atoms with Crippen molar-refractivity contribution in [1.29, 1.82) is 0 Å². The number of aromatic hydroxyl groups is 1. The number of anilines is 3. The molecular weight excluding hydrogens is 758 g/mol. The highest BCUT2D eigenvalue weighted by molar-refractivity contribution is 6.32. The molecule has 4 aromatic carbocycles. The van der Waals surface area contributed by atoms with Crippen molar-refractivity contribution in [2.45, 2.75) is 18.3 Å². The number of imide groups is 2. The zero-order valence-electron chi connectivity index (χ0n) is 32.0. The Morgan fingerprint density at radius 3 is 2.14 bits per heavy atom. The van der Waals surface area contributed by atoms with Crippen molar-refractivity contribution in [3.8, 4) is 17.2 Å². The van der Waals surface area contributed by atoms with Crippen LogP contribution < -0.4 is 24.2 Å². The van der Waals surface area contributed by atoms with Crippen molar-refractivity contribution in [2.75, 3.05) is 55.2 Å². The highest BCUT2D eigenvalue weighted by Crippen LogP contribution is 2.62. The van der Waals surface area contributed by atoms with Crippen molar-refractivity contribution in [2.24, 2.45) is 29.6 Å². The maximum atomic E-state index is 15.4. The molecule has 3 saturated heterocycles. The maximum Gasteiger partial charge on any atom is 0.246 e. The third-order valence-electron chi connectivity index (χ3n) is 12.7. The predicted molar refractivity (Wildman–Crippen MR) is 219 cm³/mol. The van der Waals surface area contributed by atoms with E-state index in [-0.39, 0.29) is 35.5 Å². The Bertz CT molecular complexity index is 2350. The number of halogens is 1. The van der Waals surface area contributed by atoms with Gasteiger partial charge in [0.25, 0.3) is 0 Å². The molecule has 4 amide bonds. The number of ether oxygens (including phenoxy) is 3. The van der Waals surface area contributed by atoms with Crippen LogP contribution in [-0.2, 0) is 29.3 Å². The van der Waals surface area contributed by atoms with E-state index in [2.05, 4.69) is 4.90 Å². The second-order valence-corrected chi connectivity index (χ2v) is 15.8. The first-order valence-corrected chi connectivity index (χ1v) is 19.9. The van der Waals surface area contributed by atoms with Gasteiger partial charge in [-0.3, -0.25) is 24.1 Å². The molecule has 4 aromatic rings. The molecule has 3 aliphatic heterocycles. The summed E-state index contributed by atoms with van der Waals surface area (Å²) in [7, 11) is 2.89. The van der Waals surface area contributed by atoms with Gasteiger partial charge in [-0.25, -0.2) is 4.90 Å². The molecule has 6 unspecified atom stereocenters. The standard InChI is InChI=1S/C46H42ClN3O8/c1-56-38-23-27(24-39(57-2)41(38)51)11-18-36-33-16-17-34-40(44(54)49(42(34)52)31-14-12-30(13-15-31)48-19-21-58-22-20-48)35(33)26-37-43(53)50(32-10-6-9-29(47)25-32)45(55)46(36,37)28-7-4-3-5-8-28/h3-16,18,23-25,34-37,40,51H,17,19-22,26H2,1-2H3. The summed E-state index contributed by atoms with van der Waals surface area (Å²) in [6.07, 6.45) is 6.24. The normalized spacial score (nSPS) is 26.8. The lowest BCUT2D eigenvalue weighted by Crippen LogP contribution is -2.54. The van der Waals surface area contributed by atoms with Crippen LogP contribution in [0.4, 0.5) is 17.1 Å². The van der Waals surface area contributed by atoms with E-state index in [1.54, 1.807) is 36.4 Å². The van der Waals surface area contributed by atoms with Gasteiger partial charge in [-0.1, -0.05) is 71.8 Å². The van der Waals surface area contributed by atoms with Crippen LogP contribution >= 0.6 is 11.6 Å². The van der Waals surface area contributed by atoms with E-state index < -0.39 is 46.8 Å². The van der Waals surface area contributed by atoms with E-state index in [0.29, 0.717) is 47.2 Å². The third-order valence-corrected chi connectivity index (χ3v) is 12.9. The average molecular weight is 800 g/mol. The summed E-state index contributed by atoms with van der Waals surface area (Å²) in [4.78, 5) is 64.3. The third kappa shape index (κ3) is 5.81. The van der Waals surface area contributed by atoms with E-state index >= 15 is 9.59 Å². The number of benzene rings is 4. The molecule has 0 spiro atoms. The summed E-state index contributed by atoms with van der Waals surface area (Å²) in [5, 5.41) is 11.1. The molecule has 58 heavy (non-hydrogen) atoms. The molecule has 3 heterocycles. The number of morpholine rings is 1. The lowest BCUT2D eigenvalue weighted by atomic mass is 9.50. The summed E-state index contributed by atoms with van der Waals surface area (Å²) in [6.45, 7) is 2.78. The van der Waals surface area contributed by atoms with Gasteiger partial charge in [-0.05, 0) is 84.5 Å². The molecule has 1 saturated carbocycles. The fraction of sp³-hybridized carbons (Fsp3) is 0.304. The summed E-state index contributed by atoms with van der Waals surface area (Å²) >= 11 is 6.44. The number of phenolic OH excluding ortho intramolecular Hbond substituents is 1. The Labute approximate surface area is 341 Å². The molecule has 0 radical (unpaired) electrons. The fourth-order valence-electron chi connectivity index (χ4n) is 10.1. The Kier molecular flexibility index (Phi) is 9.60. The van der Waals surface area contributed by atoms with E-state index in [9.17, 15) is 14.7 Å². The number of nitrogens with zero attached hydrogens (tertiary/aromatic N) is 3. The van der Waals surface area contributed by atoms with E-state index in [4.69, 9.17) is 25.8 Å². The monoisotopic (exact) mass is 799 g/mol. The van der Waals surface area contributed by atoms with Gasteiger partial charge < -0.3 is 24.2 Å². The van der Waals surface area contributed by atoms with Crippen molar-refractivity contribution in [3.63, 3.8) is 0 Å². The summed E-state index contributed by atoms with van der Waals surface area (Å²) in [5.74, 6) is -4.65. The largest absolute Gasteiger partial charge is 0.502 e. The quantitative estimate of drug-likeness (QED) is 0.151. The highest BCUT2D eigenvalue weighted by Gasteiger charge is 2.69. The Hall–Kier alpha value is -5.91. The number of allylic oxidation sites excluding steroid dienone is 3. The lowest BCUT2D eigenvalue weighted by molar-refractivity contribution is -0.128. The molecule has 1 N–H and O–H groups in total. The second-order valence-electron chi connectivity index (χ2n) is 15.4. The van der Waals surface area contributed by atoms with Crippen LogP contribution in [0.1, 0.15) is 24.0 Å². The molecule has 9 rings (SSSR count). The number of phenols is 1. The maximum absolute atomic E-state index is 15.4. The van der Waals surface area contributed by atoms with Crippen LogP contribution in [0.15, 0.2) is 109 Å². The number of hydrogen-bond acceptors (Lipinski definition) is 9. The van der Waals surface area contributed by atoms with Crippen molar-refractivity contribution < 1.29 is 38.5 Å². The molecule has 0 bridgehead atoms. The number of amides is 4. The van der Waals surface area contributed by atoms with Crippen molar-refractivity contribution in [1.82, 2.24) is 0 Å². The summed E-state index contributed by atoms with van der Waals surface area (Å²) < 4.78 is 16.4. The second kappa shape index (κ2) is 14.8. The molecule has 296 valence electrons. The van der Waals surface area contributed by atoms with Crippen LogP contribution in [0, 0.1) is 29.6 Å². The zero-order valence-corrected chi connectivity index (χ0v) is 32.8. The topological polar surface area (TPSA) is 126 Å². The van der Waals surface area contributed by atoms with Gasteiger partial charge in [-0.2, -0.15) is 0 Å². The van der Waals surface area contributed by atoms with Crippen molar-refractivity contribution >= 4 is 58.4 Å². The van der Waals surface area contributed by atoms with Crippen LogP contribution in [-0.4, -0.2) is 69.3 Å². The minimum absolute atomic E-state index is 0.153. The molecule has 12 heteroatoms. The minimum Gasteiger partial charge on any atom is -0.502 e. The summed E-state index contributed by atoms with van der Waals surface area (Å²) in [6, 6.07) is 26.9. The first-order valence-electron chi connectivity index (χ1n) is 19.5. The van der Waals surface area contributed by atoms with E-state index in [1.165, 1.54) is 24.0 Å². The molecular formula is C46H42ClN3O8. The Morgan fingerprint density at radius 2 is 1.47 bits per heavy atom. The van der Waals surface area contributed by atoms with E-state index in [1.807, 2.05) is 72.8 Å². The fourth-order valence-corrected chi connectivity index (χ4v) is 10.3. The predicted octanol–water partition coefficient (Wildman–Crippen LogP) is 6.81. The number of carbonyl (C=O) groups excluding carboxylic acids is 4. The van der Waals surface area contributed by atoms with Crippen molar-refractivity contribution in [3.05, 3.63) is 125 Å². The first-order chi connectivity index (χ1) is 28.2. The molecule has 5 aliphatic rings. The molecule has 2 aliphatic carbocycles. The number of hydrogen-bond donors (Lipinski definition) is 1. The van der Waals surface area contributed by atoms with Gasteiger partial charge in [0.1, 0.15) is 0 Å². The van der Waals surface area contributed by atoms with Gasteiger partial charge in [0.2, 0.25) is 29.4 Å². The van der Waals surface area contributed by atoms with Gasteiger partial charge >= 0.3 is 0 Å². The number of carbonyl (C=O) groups is 4. The Morgan fingerprint density at radius 1 is 0.776 bits per heavy atom. The smallest absolute Gasteiger partial charge is 0.246 e. The van der Waals surface area contributed by atoms with Gasteiger partial charge in [-0.15, -0.1) is 0 Å². The summed E-state index contributed by atoms with van der Waals surface area (Å²) in [5.41, 5.74) is 2.54. The number of rotatable bonds is 8. The van der Waals surface area contributed by atoms with Gasteiger partial charge in [0.05, 0.1) is 62.0 Å². The highest BCUT2D eigenvalue weighted by atomic mass is 35.5. The number of fused-ring (bicyclic) bond motifs is 4. The lowest BCUT2D eigenvalue weighted by Gasteiger charge is -2.49. The van der Waals surface area contributed by atoms with Crippen LogP contribution in [0.25, 0.3) is 6.08 Å². The van der Waals surface area contributed by atoms with E-state index in [0.717, 1.165) is 24.4 Å². The van der Waals surface area contributed by atoms with Gasteiger partial charge in [0, 0.05) is 29.7 Å². The minimum atomic E-state index is -1.42. The molecule has 11 nitrogen and oxygen atoms in total. The molecule has 6 atom stereocenters. The zero-order chi connectivity index (χ0) is 40.3. The van der Waals surface area contributed by atoms with Crippen LogP contribution in [0.2, 0.25) is 5.02 Å². The first kappa shape index (κ1) is 37.7. The Balaban J connectivity index is 1.17. The van der Waals surface area contributed by atoms with Gasteiger partial charge in [0.15, 0.2) is 11.5 Å². The average Bonchev–Trinajstić information content (AvgIpc) is 3.64. The number of methoxy groups -OCH3 is 2. The molecule has 0 aromatic heterocycles. The molecule has 4 fully saturated rings. The van der Waals surface area contributed by atoms with Crippen LogP contribution in [0.3, 0.4) is 0 Å².